The Bertz CT molecular complexity index is 1300. The van der Waals surface area contributed by atoms with Crippen LogP contribution in [0.25, 0.3) is 22.9 Å². The number of likely N-dealkylation sites (tertiary alicyclic amines) is 1. The molecule has 1 amide bonds. The number of benzene rings is 1. The fourth-order valence-electron chi connectivity index (χ4n) is 5.21. The molecule has 3 heterocycles. The summed E-state index contributed by atoms with van der Waals surface area (Å²) in [6.45, 7) is 13.5. The molecule has 0 bridgehead atoms. The summed E-state index contributed by atoms with van der Waals surface area (Å²) in [7, 11) is 1.66. The minimum absolute atomic E-state index is 0.0788. The van der Waals surface area contributed by atoms with Gasteiger partial charge in [0, 0.05) is 47.5 Å². The molecule has 4 rings (SSSR count). The fourth-order valence-corrected chi connectivity index (χ4v) is 5.38. The van der Waals surface area contributed by atoms with E-state index in [4.69, 9.17) is 21.4 Å². The van der Waals surface area contributed by atoms with Crippen molar-refractivity contribution in [1.82, 2.24) is 19.4 Å². The van der Waals surface area contributed by atoms with Gasteiger partial charge in [-0.3, -0.25) is 9.69 Å². The lowest BCUT2D eigenvalue weighted by atomic mass is 10.0. The summed E-state index contributed by atoms with van der Waals surface area (Å²) in [5.41, 5.74) is 4.17. The van der Waals surface area contributed by atoms with Gasteiger partial charge in [-0.15, -0.1) is 0 Å². The van der Waals surface area contributed by atoms with E-state index in [1.165, 1.54) is 19.3 Å². The predicted octanol–water partition coefficient (Wildman–Crippen LogP) is 7.70. The van der Waals surface area contributed by atoms with Gasteiger partial charge in [0.05, 0.1) is 12.6 Å². The lowest BCUT2D eigenvalue weighted by Crippen LogP contribution is -2.34. The standard InChI is InChI=1S/C33H45ClN4O2/c1-24(2)13-19-37(20-14-25(3)4)33(39)26-15-21-38-30(22-26)28(10-9-18-36-16-7-6-8-17-36)32(35-38)29-23-27(34)11-12-31(29)40-5/h9-12,15,21-25H,6-8,13-14,16-20H2,1-5H3. The maximum atomic E-state index is 13.8. The number of rotatable bonds is 12. The maximum absolute atomic E-state index is 13.8. The Hall–Kier alpha value is -2.83. The molecule has 0 radical (unpaired) electrons. The van der Waals surface area contributed by atoms with Crippen molar-refractivity contribution in [2.24, 2.45) is 11.8 Å². The molecule has 0 unspecified atom stereocenters. The second kappa shape index (κ2) is 14.2. The van der Waals surface area contributed by atoms with Crippen molar-refractivity contribution in [3.05, 3.63) is 58.8 Å². The van der Waals surface area contributed by atoms with Crippen molar-refractivity contribution < 1.29 is 9.53 Å². The zero-order valence-corrected chi connectivity index (χ0v) is 25.6. The van der Waals surface area contributed by atoms with Crippen LogP contribution in [0, 0.1) is 11.8 Å². The molecule has 3 aromatic rings. The summed E-state index contributed by atoms with van der Waals surface area (Å²) in [5, 5.41) is 5.57. The molecular formula is C33H45ClN4O2. The SMILES string of the molecule is COc1ccc(Cl)cc1-c1nn2ccc(C(=O)N(CCC(C)C)CCC(C)C)cc2c1C=CCN1CCCCC1. The Morgan fingerprint density at radius 1 is 1.05 bits per heavy atom. The van der Waals surface area contributed by atoms with Gasteiger partial charge in [-0.2, -0.15) is 5.10 Å². The van der Waals surface area contributed by atoms with Crippen molar-refractivity contribution >= 4 is 29.1 Å². The average molecular weight is 565 g/mol. The smallest absolute Gasteiger partial charge is 0.253 e. The zero-order chi connectivity index (χ0) is 28.6. The van der Waals surface area contributed by atoms with E-state index in [1.54, 1.807) is 7.11 Å². The Balaban J connectivity index is 1.75. The van der Waals surface area contributed by atoms with E-state index in [-0.39, 0.29) is 5.91 Å². The highest BCUT2D eigenvalue weighted by Gasteiger charge is 2.21. The van der Waals surface area contributed by atoms with Gasteiger partial charge in [0.1, 0.15) is 11.4 Å². The van der Waals surface area contributed by atoms with Crippen molar-refractivity contribution in [2.45, 2.75) is 59.8 Å². The highest BCUT2D eigenvalue weighted by Crippen LogP contribution is 2.36. The minimum atomic E-state index is 0.0788. The van der Waals surface area contributed by atoms with Crippen LogP contribution < -0.4 is 4.74 Å². The Labute approximate surface area is 244 Å². The molecule has 0 saturated carbocycles. The summed E-state index contributed by atoms with van der Waals surface area (Å²) in [6, 6.07) is 9.48. The van der Waals surface area contributed by atoms with Crippen LogP contribution in [0.3, 0.4) is 0 Å². The second-order valence-electron chi connectivity index (χ2n) is 11.8. The van der Waals surface area contributed by atoms with E-state index in [0.29, 0.717) is 28.2 Å². The summed E-state index contributed by atoms with van der Waals surface area (Å²) >= 11 is 6.42. The Morgan fingerprint density at radius 3 is 2.40 bits per heavy atom. The van der Waals surface area contributed by atoms with Gasteiger partial charge in [0.2, 0.25) is 0 Å². The zero-order valence-electron chi connectivity index (χ0n) is 24.8. The molecule has 0 aliphatic carbocycles. The molecule has 1 aromatic carbocycles. The topological polar surface area (TPSA) is 50.1 Å². The molecule has 1 saturated heterocycles. The number of aromatic nitrogens is 2. The van der Waals surface area contributed by atoms with Gasteiger partial charge in [0.15, 0.2) is 0 Å². The quantitative estimate of drug-likeness (QED) is 0.226. The molecule has 1 aliphatic heterocycles. The number of pyridine rings is 1. The van der Waals surface area contributed by atoms with E-state index >= 15 is 0 Å². The third-order valence-corrected chi connectivity index (χ3v) is 7.91. The number of ether oxygens (including phenoxy) is 1. The molecular weight excluding hydrogens is 520 g/mol. The number of amides is 1. The molecule has 0 spiro atoms. The molecule has 1 fully saturated rings. The van der Waals surface area contributed by atoms with Crippen LogP contribution in [0.2, 0.25) is 5.02 Å². The van der Waals surface area contributed by atoms with Gasteiger partial charge in [-0.25, -0.2) is 4.52 Å². The van der Waals surface area contributed by atoms with Crippen LogP contribution in [0.5, 0.6) is 5.75 Å². The molecule has 1 aliphatic rings. The van der Waals surface area contributed by atoms with E-state index in [2.05, 4.69) is 44.7 Å². The van der Waals surface area contributed by atoms with Gasteiger partial charge < -0.3 is 9.64 Å². The normalized spacial score (nSPS) is 14.6. The fraction of sp³-hybridized carbons (Fsp3) is 0.515. The van der Waals surface area contributed by atoms with Crippen molar-refractivity contribution in [3.8, 4) is 17.0 Å². The summed E-state index contributed by atoms with van der Waals surface area (Å²) < 4.78 is 7.55. The number of hydrogen-bond acceptors (Lipinski definition) is 4. The number of methoxy groups -OCH3 is 1. The minimum Gasteiger partial charge on any atom is -0.496 e. The van der Waals surface area contributed by atoms with Crippen LogP contribution in [-0.2, 0) is 0 Å². The van der Waals surface area contributed by atoms with Crippen molar-refractivity contribution in [3.63, 3.8) is 0 Å². The third-order valence-electron chi connectivity index (χ3n) is 7.67. The van der Waals surface area contributed by atoms with E-state index < -0.39 is 0 Å². The molecule has 7 heteroatoms. The van der Waals surface area contributed by atoms with E-state index in [0.717, 1.165) is 67.9 Å². The first-order valence-corrected chi connectivity index (χ1v) is 15.2. The maximum Gasteiger partial charge on any atom is 0.253 e. The molecule has 6 nitrogen and oxygen atoms in total. The second-order valence-corrected chi connectivity index (χ2v) is 12.2. The molecule has 0 atom stereocenters. The molecule has 216 valence electrons. The van der Waals surface area contributed by atoms with Crippen LogP contribution in [0.4, 0.5) is 0 Å². The van der Waals surface area contributed by atoms with Crippen LogP contribution in [0.15, 0.2) is 42.6 Å². The number of carbonyl (C=O) groups excluding carboxylic acids is 1. The van der Waals surface area contributed by atoms with Crippen LogP contribution in [0.1, 0.15) is 75.7 Å². The van der Waals surface area contributed by atoms with Crippen molar-refractivity contribution in [2.75, 3.05) is 39.8 Å². The first kappa shape index (κ1) is 30.1. The number of nitrogens with zero attached hydrogens (tertiary/aromatic N) is 4. The number of piperidine rings is 1. The summed E-state index contributed by atoms with van der Waals surface area (Å²) in [6.07, 6.45) is 12.1. The first-order chi connectivity index (χ1) is 19.3. The number of carbonyl (C=O) groups is 1. The highest BCUT2D eigenvalue weighted by atomic mass is 35.5. The van der Waals surface area contributed by atoms with Crippen LogP contribution in [-0.4, -0.2) is 65.2 Å². The highest BCUT2D eigenvalue weighted by molar-refractivity contribution is 6.31. The van der Waals surface area contributed by atoms with Gasteiger partial charge in [-0.05, 0) is 80.9 Å². The molecule has 0 N–H and O–H groups in total. The van der Waals surface area contributed by atoms with Gasteiger partial charge >= 0.3 is 0 Å². The largest absolute Gasteiger partial charge is 0.496 e. The lowest BCUT2D eigenvalue weighted by Gasteiger charge is -2.25. The lowest BCUT2D eigenvalue weighted by molar-refractivity contribution is 0.0741. The van der Waals surface area contributed by atoms with Gasteiger partial charge in [0.25, 0.3) is 5.91 Å². The van der Waals surface area contributed by atoms with Gasteiger partial charge in [-0.1, -0.05) is 57.9 Å². The summed E-state index contributed by atoms with van der Waals surface area (Å²) in [5.74, 6) is 1.87. The number of halogens is 1. The number of fused-ring (bicyclic) bond motifs is 1. The Kier molecular flexibility index (Phi) is 10.7. The average Bonchev–Trinajstić information content (AvgIpc) is 3.30. The summed E-state index contributed by atoms with van der Waals surface area (Å²) in [4.78, 5) is 18.3. The number of hydrogen-bond donors (Lipinski definition) is 0. The predicted molar refractivity (Wildman–Crippen MR) is 166 cm³/mol. The third kappa shape index (κ3) is 7.67. The van der Waals surface area contributed by atoms with Crippen LogP contribution >= 0.6 is 11.6 Å². The van der Waals surface area contributed by atoms with E-state index in [9.17, 15) is 4.79 Å². The monoisotopic (exact) mass is 564 g/mol. The first-order valence-electron chi connectivity index (χ1n) is 14.8. The van der Waals surface area contributed by atoms with E-state index in [1.807, 2.05) is 45.9 Å². The molecule has 2 aromatic heterocycles. The Morgan fingerprint density at radius 2 is 1.75 bits per heavy atom. The van der Waals surface area contributed by atoms with Crippen molar-refractivity contribution in [1.29, 1.82) is 0 Å². The molecule has 40 heavy (non-hydrogen) atoms.